The van der Waals surface area contributed by atoms with E-state index in [0.29, 0.717) is 6.04 Å². The molecule has 1 aliphatic rings. The second kappa shape index (κ2) is 6.39. The van der Waals surface area contributed by atoms with Crippen LogP contribution in [0.5, 0.6) is 0 Å². The molecule has 0 atom stereocenters. The molecule has 5 heteroatoms. The van der Waals surface area contributed by atoms with Crippen molar-refractivity contribution in [1.29, 1.82) is 0 Å². The summed E-state index contributed by atoms with van der Waals surface area (Å²) in [6, 6.07) is 0.664. The lowest BCUT2D eigenvalue weighted by molar-refractivity contribution is 0.152. The number of nitrogens with one attached hydrogen (secondary N) is 1. The first-order valence-corrected chi connectivity index (χ1v) is 7.73. The normalized spacial score (nSPS) is 16.7. The number of piperidine rings is 1. The van der Waals surface area contributed by atoms with Gasteiger partial charge >= 0.3 is 6.03 Å². The Balaban J connectivity index is 1.75. The fourth-order valence-electron chi connectivity index (χ4n) is 2.38. The van der Waals surface area contributed by atoms with Crippen LogP contribution in [0, 0.1) is 6.92 Å². The fourth-order valence-corrected chi connectivity index (χ4v) is 3.24. The van der Waals surface area contributed by atoms with Crippen molar-refractivity contribution >= 4 is 17.4 Å². The third-order valence-corrected chi connectivity index (χ3v) is 4.60. The second-order valence-electron chi connectivity index (χ2n) is 5.40. The van der Waals surface area contributed by atoms with Crippen LogP contribution in [0.15, 0.2) is 10.8 Å². The highest BCUT2D eigenvalue weighted by atomic mass is 32.1. The quantitative estimate of drug-likeness (QED) is 0.922. The van der Waals surface area contributed by atoms with Gasteiger partial charge in [-0.25, -0.2) is 4.79 Å². The summed E-state index contributed by atoms with van der Waals surface area (Å²) in [5.74, 6) is 0. The molecule has 0 aromatic carbocycles. The molecule has 2 heterocycles. The Kier molecular flexibility index (Phi) is 4.82. The van der Waals surface area contributed by atoms with E-state index in [-0.39, 0.29) is 6.03 Å². The van der Waals surface area contributed by atoms with E-state index in [1.807, 2.05) is 19.0 Å². The van der Waals surface area contributed by atoms with Gasteiger partial charge in [-0.05, 0) is 41.7 Å². The van der Waals surface area contributed by atoms with Crippen LogP contribution in [-0.2, 0) is 6.54 Å². The van der Waals surface area contributed by atoms with E-state index in [9.17, 15) is 4.79 Å². The van der Waals surface area contributed by atoms with E-state index in [1.54, 1.807) is 16.2 Å². The molecule has 0 bridgehead atoms. The summed E-state index contributed by atoms with van der Waals surface area (Å²) in [5.41, 5.74) is 2.77. The minimum absolute atomic E-state index is 0.132. The molecule has 0 radical (unpaired) electrons. The number of likely N-dealkylation sites (tertiary alicyclic amines) is 1. The number of carbonyl (C=O) groups excluding carboxylic acids is 1. The maximum absolute atomic E-state index is 11.8. The maximum atomic E-state index is 11.8. The van der Waals surface area contributed by atoms with Crippen LogP contribution >= 0.6 is 11.3 Å². The van der Waals surface area contributed by atoms with Crippen LogP contribution in [0.3, 0.4) is 0 Å². The monoisotopic (exact) mass is 281 g/mol. The summed E-state index contributed by atoms with van der Waals surface area (Å²) in [6.07, 6.45) is 2.09. The molecule has 0 aliphatic carbocycles. The van der Waals surface area contributed by atoms with E-state index < -0.39 is 0 Å². The van der Waals surface area contributed by atoms with Crippen molar-refractivity contribution in [1.82, 2.24) is 15.1 Å². The molecule has 0 spiro atoms. The summed E-state index contributed by atoms with van der Waals surface area (Å²) >= 11 is 1.76. The highest BCUT2D eigenvalue weighted by Crippen LogP contribution is 2.16. The van der Waals surface area contributed by atoms with Gasteiger partial charge in [-0.1, -0.05) is 0 Å². The van der Waals surface area contributed by atoms with Gasteiger partial charge in [-0.15, -0.1) is 0 Å². The van der Waals surface area contributed by atoms with Crippen LogP contribution in [0.1, 0.15) is 24.0 Å². The van der Waals surface area contributed by atoms with E-state index in [1.165, 1.54) is 11.1 Å². The summed E-state index contributed by atoms with van der Waals surface area (Å²) < 4.78 is 0. The number of thiophene rings is 1. The van der Waals surface area contributed by atoms with Gasteiger partial charge in [0.15, 0.2) is 0 Å². The van der Waals surface area contributed by atoms with Crippen molar-refractivity contribution in [2.75, 3.05) is 27.2 Å². The smallest absolute Gasteiger partial charge is 0.319 e. The standard InChI is InChI=1S/C14H23N3OS/c1-11-9-19-10-12(11)8-15-13-4-6-17(7-5-13)14(18)16(2)3/h9-10,13,15H,4-8H2,1-3H3. The minimum Gasteiger partial charge on any atom is -0.331 e. The largest absolute Gasteiger partial charge is 0.331 e. The Hall–Kier alpha value is -1.07. The fraction of sp³-hybridized carbons (Fsp3) is 0.643. The molecule has 19 heavy (non-hydrogen) atoms. The maximum Gasteiger partial charge on any atom is 0.319 e. The number of hydrogen-bond acceptors (Lipinski definition) is 3. The molecular formula is C14H23N3OS. The molecule has 2 amide bonds. The number of nitrogens with zero attached hydrogens (tertiary/aromatic N) is 2. The Bertz CT molecular complexity index is 422. The molecule has 0 unspecified atom stereocenters. The van der Waals surface area contributed by atoms with Gasteiger partial charge in [-0.2, -0.15) is 11.3 Å². The van der Waals surface area contributed by atoms with E-state index >= 15 is 0 Å². The first-order valence-electron chi connectivity index (χ1n) is 6.79. The van der Waals surface area contributed by atoms with Crippen LogP contribution in [0.4, 0.5) is 4.79 Å². The van der Waals surface area contributed by atoms with Gasteiger partial charge in [0.25, 0.3) is 0 Å². The van der Waals surface area contributed by atoms with Gasteiger partial charge in [0, 0.05) is 39.8 Å². The first kappa shape index (κ1) is 14.3. The van der Waals surface area contributed by atoms with Crippen molar-refractivity contribution in [3.63, 3.8) is 0 Å². The minimum atomic E-state index is 0.132. The van der Waals surface area contributed by atoms with Gasteiger partial charge in [0.1, 0.15) is 0 Å². The molecule has 1 saturated heterocycles. The topological polar surface area (TPSA) is 35.6 Å². The van der Waals surface area contributed by atoms with Crippen molar-refractivity contribution in [3.05, 3.63) is 21.9 Å². The van der Waals surface area contributed by atoms with E-state index in [0.717, 1.165) is 32.5 Å². The Morgan fingerprint density at radius 3 is 2.63 bits per heavy atom. The summed E-state index contributed by atoms with van der Waals surface area (Å²) in [6.45, 7) is 4.82. The number of urea groups is 1. The molecule has 1 aromatic heterocycles. The van der Waals surface area contributed by atoms with Crippen molar-refractivity contribution in [2.45, 2.75) is 32.4 Å². The predicted octanol–water partition coefficient (Wildman–Crippen LogP) is 2.29. The van der Waals surface area contributed by atoms with Crippen molar-refractivity contribution < 1.29 is 4.79 Å². The molecule has 106 valence electrons. The third kappa shape index (κ3) is 3.70. The molecule has 1 fully saturated rings. The lowest BCUT2D eigenvalue weighted by Gasteiger charge is -2.34. The molecule has 4 nitrogen and oxygen atoms in total. The number of carbonyl (C=O) groups is 1. The van der Waals surface area contributed by atoms with E-state index in [2.05, 4.69) is 23.0 Å². The van der Waals surface area contributed by atoms with Gasteiger partial charge in [0.05, 0.1) is 0 Å². The highest BCUT2D eigenvalue weighted by Gasteiger charge is 2.23. The van der Waals surface area contributed by atoms with Crippen LogP contribution in [0.2, 0.25) is 0 Å². The predicted molar refractivity (Wildman–Crippen MR) is 79.6 cm³/mol. The Labute approximate surface area is 119 Å². The number of amides is 2. The van der Waals surface area contributed by atoms with Crippen LogP contribution < -0.4 is 5.32 Å². The Morgan fingerprint density at radius 1 is 1.42 bits per heavy atom. The van der Waals surface area contributed by atoms with Crippen LogP contribution in [-0.4, -0.2) is 49.1 Å². The number of hydrogen-bond donors (Lipinski definition) is 1. The van der Waals surface area contributed by atoms with E-state index in [4.69, 9.17) is 0 Å². The molecular weight excluding hydrogens is 258 g/mol. The second-order valence-corrected chi connectivity index (χ2v) is 6.14. The number of rotatable bonds is 3. The zero-order valence-corrected chi connectivity index (χ0v) is 12.8. The number of aryl methyl sites for hydroxylation is 1. The molecule has 1 N–H and O–H groups in total. The van der Waals surface area contributed by atoms with Gasteiger partial charge in [-0.3, -0.25) is 0 Å². The zero-order valence-electron chi connectivity index (χ0n) is 12.0. The van der Waals surface area contributed by atoms with Crippen LogP contribution in [0.25, 0.3) is 0 Å². The average Bonchev–Trinajstić information content (AvgIpc) is 2.81. The highest BCUT2D eigenvalue weighted by molar-refractivity contribution is 7.08. The summed E-state index contributed by atoms with van der Waals surface area (Å²) in [5, 5.41) is 8.01. The molecule has 0 saturated carbocycles. The first-order chi connectivity index (χ1) is 9.08. The summed E-state index contributed by atoms with van der Waals surface area (Å²) in [4.78, 5) is 15.4. The average molecular weight is 281 g/mol. The third-order valence-electron chi connectivity index (χ3n) is 3.69. The van der Waals surface area contributed by atoms with Gasteiger partial charge < -0.3 is 15.1 Å². The van der Waals surface area contributed by atoms with Gasteiger partial charge in [0.2, 0.25) is 0 Å². The molecule has 1 aliphatic heterocycles. The van der Waals surface area contributed by atoms with Crippen molar-refractivity contribution in [3.8, 4) is 0 Å². The van der Waals surface area contributed by atoms with Crippen molar-refractivity contribution in [2.24, 2.45) is 0 Å². The lowest BCUT2D eigenvalue weighted by Crippen LogP contribution is -2.47. The molecule has 1 aromatic rings. The zero-order chi connectivity index (χ0) is 13.8. The molecule has 2 rings (SSSR count). The summed E-state index contributed by atoms with van der Waals surface area (Å²) in [7, 11) is 3.62. The Morgan fingerprint density at radius 2 is 2.11 bits per heavy atom. The lowest BCUT2D eigenvalue weighted by atomic mass is 10.0. The SMILES string of the molecule is Cc1cscc1CNC1CCN(C(=O)N(C)C)CC1.